The highest BCUT2D eigenvalue weighted by Crippen LogP contribution is 2.19. The molecule has 2 heterocycles. The molecule has 2 fully saturated rings. The number of hydrogen-bond acceptors (Lipinski definition) is 5. The number of hydrogen-bond donors (Lipinski definition) is 1. The molecule has 2 aliphatic rings. The van der Waals surface area contributed by atoms with Gasteiger partial charge in [0.2, 0.25) is 0 Å². The zero-order valence-corrected chi connectivity index (χ0v) is 10.7. The zero-order valence-electron chi connectivity index (χ0n) is 9.93. The topological polar surface area (TPSA) is 41.1 Å². The van der Waals surface area contributed by atoms with E-state index < -0.39 is 0 Å². The summed E-state index contributed by atoms with van der Waals surface area (Å²) in [6, 6.07) is 0.732. The molecule has 0 radical (unpaired) electrons. The summed E-state index contributed by atoms with van der Waals surface area (Å²) < 4.78 is 0. The number of thioether (sulfide) groups is 1. The van der Waals surface area contributed by atoms with Gasteiger partial charge in [0.15, 0.2) is 0 Å². The molecule has 1 aliphatic heterocycles. The Labute approximate surface area is 106 Å². The van der Waals surface area contributed by atoms with Crippen LogP contribution in [0.1, 0.15) is 18.5 Å². The van der Waals surface area contributed by atoms with Crippen molar-refractivity contribution in [3.05, 3.63) is 18.1 Å². The summed E-state index contributed by atoms with van der Waals surface area (Å²) in [5, 5.41) is 3.45. The summed E-state index contributed by atoms with van der Waals surface area (Å²) in [7, 11) is 0. The molecule has 0 bridgehead atoms. The Kier molecular flexibility index (Phi) is 3.47. The van der Waals surface area contributed by atoms with Crippen molar-refractivity contribution in [3.8, 4) is 0 Å². The van der Waals surface area contributed by atoms with Gasteiger partial charge in [-0.05, 0) is 12.8 Å². The summed E-state index contributed by atoms with van der Waals surface area (Å²) >= 11 is 2.01. The summed E-state index contributed by atoms with van der Waals surface area (Å²) in [6.07, 6.45) is 6.46. The third kappa shape index (κ3) is 3.10. The van der Waals surface area contributed by atoms with Crippen LogP contribution in [-0.2, 0) is 6.54 Å². The molecule has 3 rings (SSSR count). The van der Waals surface area contributed by atoms with Crippen LogP contribution in [0.5, 0.6) is 0 Å². The molecule has 1 saturated heterocycles. The smallest absolute Gasteiger partial charge is 0.147 e. The molecule has 4 nitrogen and oxygen atoms in total. The minimum Gasteiger partial charge on any atom is -0.354 e. The molecule has 0 atom stereocenters. The fourth-order valence-corrected chi connectivity index (χ4v) is 2.83. The molecule has 17 heavy (non-hydrogen) atoms. The van der Waals surface area contributed by atoms with Crippen LogP contribution < -0.4 is 10.2 Å². The average molecular weight is 250 g/mol. The van der Waals surface area contributed by atoms with E-state index in [1.54, 1.807) is 0 Å². The molecule has 5 heteroatoms. The Hall–Kier alpha value is -0.810. The molecule has 92 valence electrons. The first-order chi connectivity index (χ1) is 8.42. The normalized spacial score (nSPS) is 20.6. The highest BCUT2D eigenvalue weighted by Gasteiger charge is 2.20. The molecule has 1 aliphatic carbocycles. The quantitative estimate of drug-likeness (QED) is 0.872. The molecule has 0 spiro atoms. The number of nitrogens with one attached hydrogen (secondary N) is 1. The number of nitrogens with zero attached hydrogens (tertiary/aromatic N) is 3. The van der Waals surface area contributed by atoms with Gasteiger partial charge in [0, 0.05) is 37.2 Å². The van der Waals surface area contributed by atoms with Crippen molar-refractivity contribution in [2.75, 3.05) is 29.5 Å². The Morgan fingerprint density at radius 2 is 2.06 bits per heavy atom. The maximum absolute atomic E-state index is 4.51. The van der Waals surface area contributed by atoms with Crippen molar-refractivity contribution >= 4 is 17.6 Å². The van der Waals surface area contributed by atoms with E-state index in [0.717, 1.165) is 37.2 Å². The van der Waals surface area contributed by atoms with Crippen LogP contribution in [0.3, 0.4) is 0 Å². The summed E-state index contributed by atoms with van der Waals surface area (Å²) in [4.78, 5) is 11.3. The van der Waals surface area contributed by atoms with Crippen LogP contribution >= 0.6 is 11.8 Å². The molecule has 0 aromatic carbocycles. The second-order valence-corrected chi connectivity index (χ2v) is 5.85. The number of anilines is 1. The Morgan fingerprint density at radius 1 is 1.24 bits per heavy atom. The van der Waals surface area contributed by atoms with Gasteiger partial charge in [-0.3, -0.25) is 4.98 Å². The third-order valence-corrected chi connectivity index (χ3v) is 4.12. The van der Waals surface area contributed by atoms with Gasteiger partial charge in [-0.1, -0.05) is 0 Å². The molecule has 1 aromatic rings. The Balaban J connectivity index is 1.58. The van der Waals surface area contributed by atoms with Gasteiger partial charge in [0.05, 0.1) is 18.1 Å². The lowest BCUT2D eigenvalue weighted by Crippen LogP contribution is -2.33. The van der Waals surface area contributed by atoms with Gasteiger partial charge >= 0.3 is 0 Å². The van der Waals surface area contributed by atoms with E-state index in [4.69, 9.17) is 0 Å². The summed E-state index contributed by atoms with van der Waals surface area (Å²) in [6.45, 7) is 3.05. The maximum Gasteiger partial charge on any atom is 0.147 e. The highest BCUT2D eigenvalue weighted by molar-refractivity contribution is 7.99. The largest absolute Gasteiger partial charge is 0.354 e. The van der Waals surface area contributed by atoms with E-state index in [9.17, 15) is 0 Å². The van der Waals surface area contributed by atoms with Gasteiger partial charge in [0.1, 0.15) is 5.82 Å². The van der Waals surface area contributed by atoms with E-state index >= 15 is 0 Å². The minimum absolute atomic E-state index is 0.732. The van der Waals surface area contributed by atoms with E-state index in [2.05, 4.69) is 20.2 Å². The molecule has 0 unspecified atom stereocenters. The molecule has 1 N–H and O–H groups in total. The van der Waals surface area contributed by atoms with E-state index in [1.165, 1.54) is 24.3 Å². The standard InChI is InChI=1S/C12H18N4S/c1-2-10(1)13-7-11-8-15-12(9-14-11)16-3-5-17-6-4-16/h8-10,13H,1-7H2. The molecular formula is C12H18N4S. The van der Waals surface area contributed by atoms with Gasteiger partial charge in [0.25, 0.3) is 0 Å². The van der Waals surface area contributed by atoms with E-state index in [-0.39, 0.29) is 0 Å². The molecule has 0 amide bonds. The fourth-order valence-electron chi connectivity index (χ4n) is 1.93. The number of rotatable bonds is 4. The van der Waals surface area contributed by atoms with Gasteiger partial charge in [-0.15, -0.1) is 0 Å². The molecule has 1 aromatic heterocycles. The predicted octanol–water partition coefficient (Wildman–Crippen LogP) is 1.28. The second-order valence-electron chi connectivity index (χ2n) is 4.62. The number of aromatic nitrogens is 2. The lowest BCUT2D eigenvalue weighted by Gasteiger charge is -2.27. The van der Waals surface area contributed by atoms with E-state index in [0.29, 0.717) is 0 Å². The first-order valence-corrected chi connectivity index (χ1v) is 7.44. The summed E-state index contributed by atoms with van der Waals surface area (Å²) in [5.74, 6) is 3.43. The lowest BCUT2D eigenvalue weighted by molar-refractivity contribution is 0.670. The lowest BCUT2D eigenvalue weighted by atomic mass is 10.4. The first kappa shape index (κ1) is 11.3. The van der Waals surface area contributed by atoms with Crippen molar-refractivity contribution in [1.29, 1.82) is 0 Å². The van der Waals surface area contributed by atoms with Crippen LogP contribution in [0.2, 0.25) is 0 Å². The van der Waals surface area contributed by atoms with Gasteiger partial charge in [-0.2, -0.15) is 11.8 Å². The molecular weight excluding hydrogens is 232 g/mol. The Morgan fingerprint density at radius 3 is 2.71 bits per heavy atom. The van der Waals surface area contributed by atoms with Crippen LogP contribution in [0, 0.1) is 0 Å². The SMILES string of the molecule is c1nc(N2CCSCC2)cnc1CNC1CC1. The van der Waals surface area contributed by atoms with Crippen molar-refractivity contribution in [3.63, 3.8) is 0 Å². The highest BCUT2D eigenvalue weighted by atomic mass is 32.2. The second kappa shape index (κ2) is 5.23. The minimum atomic E-state index is 0.732. The van der Waals surface area contributed by atoms with Crippen LogP contribution in [-0.4, -0.2) is 40.6 Å². The fraction of sp³-hybridized carbons (Fsp3) is 0.667. The van der Waals surface area contributed by atoms with Crippen LogP contribution in [0.25, 0.3) is 0 Å². The zero-order chi connectivity index (χ0) is 11.5. The van der Waals surface area contributed by atoms with Crippen LogP contribution in [0.4, 0.5) is 5.82 Å². The third-order valence-electron chi connectivity index (χ3n) is 3.18. The van der Waals surface area contributed by atoms with Crippen molar-refractivity contribution in [2.24, 2.45) is 0 Å². The maximum atomic E-state index is 4.51. The van der Waals surface area contributed by atoms with Gasteiger partial charge < -0.3 is 10.2 Å². The van der Waals surface area contributed by atoms with Crippen molar-refractivity contribution < 1.29 is 0 Å². The predicted molar refractivity (Wildman–Crippen MR) is 71.4 cm³/mol. The summed E-state index contributed by atoms with van der Waals surface area (Å²) in [5.41, 5.74) is 1.05. The van der Waals surface area contributed by atoms with Gasteiger partial charge in [-0.25, -0.2) is 4.98 Å². The Bertz CT molecular complexity index is 357. The monoisotopic (exact) mass is 250 g/mol. The van der Waals surface area contributed by atoms with Crippen molar-refractivity contribution in [1.82, 2.24) is 15.3 Å². The van der Waals surface area contributed by atoms with Crippen molar-refractivity contribution in [2.45, 2.75) is 25.4 Å². The first-order valence-electron chi connectivity index (χ1n) is 6.29. The van der Waals surface area contributed by atoms with E-state index in [1.807, 2.05) is 24.2 Å². The van der Waals surface area contributed by atoms with Crippen LogP contribution in [0.15, 0.2) is 12.4 Å². The average Bonchev–Trinajstić information content (AvgIpc) is 3.22. The molecule has 1 saturated carbocycles.